The summed E-state index contributed by atoms with van der Waals surface area (Å²) in [5.74, 6) is 0. The predicted molar refractivity (Wildman–Crippen MR) is 78.8 cm³/mol. The third-order valence-corrected chi connectivity index (χ3v) is 3.67. The molecule has 0 aliphatic heterocycles. The van der Waals surface area contributed by atoms with Gasteiger partial charge >= 0.3 is 0 Å². The molecule has 0 bridgehead atoms. The molecule has 18 heavy (non-hydrogen) atoms. The van der Waals surface area contributed by atoms with E-state index in [4.69, 9.17) is 0 Å². The van der Waals surface area contributed by atoms with Crippen molar-refractivity contribution >= 4 is 0 Å². The zero-order chi connectivity index (χ0) is 13.1. The summed E-state index contributed by atoms with van der Waals surface area (Å²) >= 11 is 0. The normalized spacial score (nSPS) is 11.0. The lowest BCUT2D eigenvalue weighted by Crippen LogP contribution is -1.98. The molecule has 0 saturated heterocycles. The van der Waals surface area contributed by atoms with Crippen LogP contribution in [0.1, 0.15) is 76.8 Å². The highest BCUT2D eigenvalue weighted by Crippen LogP contribution is 2.11. The monoisotopic (exact) mass is 250 g/mol. The summed E-state index contributed by atoms with van der Waals surface area (Å²) in [5, 5.41) is 0. The molecular weight excluding hydrogens is 220 g/mol. The Kier molecular flexibility index (Phi) is 8.62. The Hall–Kier alpha value is -0.790. The lowest BCUT2D eigenvalue weighted by atomic mass is 10.1. The first-order chi connectivity index (χ1) is 8.84. The van der Waals surface area contributed by atoms with E-state index < -0.39 is 0 Å². The summed E-state index contributed by atoms with van der Waals surface area (Å²) in [6.07, 6.45) is 17.9. The Bertz CT molecular complexity index is 291. The van der Waals surface area contributed by atoms with Gasteiger partial charge in [-0.25, -0.2) is 4.98 Å². The Morgan fingerprint density at radius 2 is 1.44 bits per heavy atom. The Morgan fingerprint density at radius 3 is 1.94 bits per heavy atom. The summed E-state index contributed by atoms with van der Waals surface area (Å²) in [6.45, 7) is 5.55. The second kappa shape index (κ2) is 10.2. The van der Waals surface area contributed by atoms with Crippen molar-refractivity contribution in [2.45, 2.75) is 84.6 Å². The second-order valence-corrected chi connectivity index (χ2v) is 5.41. The first kappa shape index (κ1) is 15.3. The number of nitrogens with zero attached hydrogens (tertiary/aromatic N) is 2. The highest BCUT2D eigenvalue weighted by Gasteiger charge is 1.96. The van der Waals surface area contributed by atoms with E-state index in [1.165, 1.54) is 69.9 Å². The minimum atomic E-state index is 1.14. The van der Waals surface area contributed by atoms with Crippen LogP contribution in [0.4, 0.5) is 0 Å². The van der Waals surface area contributed by atoms with Crippen molar-refractivity contribution in [3.63, 3.8) is 0 Å². The average molecular weight is 250 g/mol. The van der Waals surface area contributed by atoms with Gasteiger partial charge in [0.1, 0.15) is 0 Å². The Labute approximate surface area is 113 Å². The second-order valence-electron chi connectivity index (χ2n) is 5.41. The van der Waals surface area contributed by atoms with Gasteiger partial charge in [-0.1, -0.05) is 64.7 Å². The smallest absolute Gasteiger partial charge is 0.0948 e. The van der Waals surface area contributed by atoms with Crippen LogP contribution in [-0.2, 0) is 6.54 Å². The van der Waals surface area contributed by atoms with Gasteiger partial charge in [0.15, 0.2) is 0 Å². The van der Waals surface area contributed by atoms with E-state index in [0.717, 1.165) is 6.54 Å². The van der Waals surface area contributed by atoms with Crippen LogP contribution in [0.2, 0.25) is 0 Å². The van der Waals surface area contributed by atoms with Gasteiger partial charge in [-0.15, -0.1) is 0 Å². The molecule has 0 aromatic carbocycles. The van der Waals surface area contributed by atoms with E-state index in [1.807, 2.05) is 12.5 Å². The molecule has 2 nitrogen and oxygen atoms in total. The fourth-order valence-corrected chi connectivity index (χ4v) is 2.39. The van der Waals surface area contributed by atoms with Crippen LogP contribution < -0.4 is 0 Å². The fourth-order valence-electron chi connectivity index (χ4n) is 2.39. The number of rotatable bonds is 11. The van der Waals surface area contributed by atoms with Gasteiger partial charge in [0, 0.05) is 18.4 Å². The molecule has 1 heterocycles. The van der Waals surface area contributed by atoms with Crippen LogP contribution in [0.5, 0.6) is 0 Å². The molecule has 0 saturated carbocycles. The standard InChI is InChI=1S/C16H30N2/c1-3-4-5-6-7-8-9-10-11-12-13-18-15-17-14-16(18)2/h14-15H,3-13H2,1-2H3. The summed E-state index contributed by atoms with van der Waals surface area (Å²) < 4.78 is 2.25. The van der Waals surface area contributed by atoms with Gasteiger partial charge in [-0.2, -0.15) is 0 Å². The largest absolute Gasteiger partial charge is 0.335 e. The maximum atomic E-state index is 4.15. The molecule has 0 aliphatic carbocycles. The van der Waals surface area contributed by atoms with Crippen molar-refractivity contribution in [3.8, 4) is 0 Å². The zero-order valence-electron chi connectivity index (χ0n) is 12.3. The first-order valence-electron chi connectivity index (χ1n) is 7.81. The van der Waals surface area contributed by atoms with Gasteiger partial charge in [0.25, 0.3) is 0 Å². The SMILES string of the molecule is CCCCCCCCCCCCn1cncc1C. The van der Waals surface area contributed by atoms with E-state index in [0.29, 0.717) is 0 Å². The van der Waals surface area contributed by atoms with Crippen molar-refractivity contribution in [3.05, 3.63) is 18.2 Å². The minimum absolute atomic E-state index is 1.14. The molecule has 0 aliphatic rings. The van der Waals surface area contributed by atoms with Crippen molar-refractivity contribution in [2.75, 3.05) is 0 Å². The molecule has 2 heteroatoms. The number of aryl methyl sites for hydroxylation is 2. The van der Waals surface area contributed by atoms with Crippen LogP contribution in [0, 0.1) is 6.92 Å². The maximum Gasteiger partial charge on any atom is 0.0948 e. The number of unbranched alkanes of at least 4 members (excludes halogenated alkanes) is 9. The van der Waals surface area contributed by atoms with E-state index in [2.05, 4.69) is 23.4 Å². The lowest BCUT2D eigenvalue weighted by Gasteiger charge is -2.05. The number of hydrogen-bond acceptors (Lipinski definition) is 1. The van der Waals surface area contributed by atoms with Gasteiger partial charge in [-0.05, 0) is 13.3 Å². The van der Waals surface area contributed by atoms with E-state index in [9.17, 15) is 0 Å². The molecule has 0 spiro atoms. The van der Waals surface area contributed by atoms with E-state index in [-0.39, 0.29) is 0 Å². The third-order valence-electron chi connectivity index (χ3n) is 3.67. The quantitative estimate of drug-likeness (QED) is 0.499. The van der Waals surface area contributed by atoms with Crippen LogP contribution in [0.3, 0.4) is 0 Å². The highest BCUT2D eigenvalue weighted by atomic mass is 15.0. The molecule has 1 rings (SSSR count). The van der Waals surface area contributed by atoms with Crippen molar-refractivity contribution in [2.24, 2.45) is 0 Å². The molecule has 0 N–H and O–H groups in total. The molecular formula is C16H30N2. The fraction of sp³-hybridized carbons (Fsp3) is 0.812. The lowest BCUT2D eigenvalue weighted by molar-refractivity contribution is 0.532. The van der Waals surface area contributed by atoms with Crippen LogP contribution in [0.15, 0.2) is 12.5 Å². The molecule has 1 aromatic heterocycles. The molecule has 1 aromatic rings. The molecule has 104 valence electrons. The first-order valence-corrected chi connectivity index (χ1v) is 7.81. The van der Waals surface area contributed by atoms with Crippen LogP contribution in [0.25, 0.3) is 0 Å². The van der Waals surface area contributed by atoms with Crippen LogP contribution in [-0.4, -0.2) is 9.55 Å². The van der Waals surface area contributed by atoms with Gasteiger partial charge in [-0.3, -0.25) is 0 Å². The average Bonchev–Trinajstić information content (AvgIpc) is 2.77. The number of imidazole rings is 1. The zero-order valence-corrected chi connectivity index (χ0v) is 12.3. The topological polar surface area (TPSA) is 17.8 Å². The molecule has 0 unspecified atom stereocenters. The number of hydrogen-bond donors (Lipinski definition) is 0. The summed E-state index contributed by atoms with van der Waals surface area (Å²) in [4.78, 5) is 4.15. The predicted octanol–water partition coefficient (Wildman–Crippen LogP) is 5.11. The van der Waals surface area contributed by atoms with Crippen molar-refractivity contribution in [1.82, 2.24) is 9.55 Å². The molecule has 0 fully saturated rings. The molecule has 0 radical (unpaired) electrons. The van der Waals surface area contributed by atoms with Crippen molar-refractivity contribution in [1.29, 1.82) is 0 Å². The Balaban J connectivity index is 1.83. The molecule has 0 atom stereocenters. The third kappa shape index (κ3) is 6.83. The number of aromatic nitrogens is 2. The van der Waals surface area contributed by atoms with Gasteiger partial charge in [0.2, 0.25) is 0 Å². The van der Waals surface area contributed by atoms with E-state index in [1.54, 1.807) is 0 Å². The Morgan fingerprint density at radius 1 is 0.889 bits per heavy atom. The van der Waals surface area contributed by atoms with E-state index >= 15 is 0 Å². The van der Waals surface area contributed by atoms with Gasteiger partial charge < -0.3 is 4.57 Å². The maximum absolute atomic E-state index is 4.15. The van der Waals surface area contributed by atoms with Crippen molar-refractivity contribution < 1.29 is 0 Å². The minimum Gasteiger partial charge on any atom is -0.335 e. The summed E-state index contributed by atoms with van der Waals surface area (Å²) in [6, 6.07) is 0. The highest BCUT2D eigenvalue weighted by molar-refractivity contribution is 4.93. The van der Waals surface area contributed by atoms with Gasteiger partial charge in [0.05, 0.1) is 6.33 Å². The van der Waals surface area contributed by atoms with Crippen LogP contribution >= 0.6 is 0 Å². The summed E-state index contributed by atoms with van der Waals surface area (Å²) in [5.41, 5.74) is 1.28. The summed E-state index contributed by atoms with van der Waals surface area (Å²) in [7, 11) is 0. The molecule has 0 amide bonds.